The molecule has 0 bridgehead atoms. The van der Waals surface area contributed by atoms with Crippen LogP contribution in [0.2, 0.25) is 5.28 Å². The maximum Gasteiger partial charge on any atom is 0.258 e. The summed E-state index contributed by atoms with van der Waals surface area (Å²) in [4.78, 5) is 18.5. The smallest absolute Gasteiger partial charge is 0.258 e. The summed E-state index contributed by atoms with van der Waals surface area (Å²) < 4.78 is 1.46. The van der Waals surface area contributed by atoms with Crippen LogP contribution in [0.3, 0.4) is 0 Å². The van der Waals surface area contributed by atoms with E-state index in [1.165, 1.54) is 17.3 Å². The van der Waals surface area contributed by atoms with E-state index >= 15 is 0 Å². The Kier molecular flexibility index (Phi) is 4.62. The van der Waals surface area contributed by atoms with Crippen LogP contribution in [0.15, 0.2) is 12.7 Å². The van der Waals surface area contributed by atoms with Gasteiger partial charge in [-0.05, 0) is 24.9 Å². The van der Waals surface area contributed by atoms with E-state index in [0.717, 1.165) is 25.9 Å². The molecule has 0 saturated heterocycles. The molecule has 0 aromatic carbocycles. The Bertz CT molecular complexity index is 514. The van der Waals surface area contributed by atoms with Gasteiger partial charge in [0.1, 0.15) is 12.7 Å². The molecular weight excluding hydrogens is 266 g/mol. The fraction of sp³-hybridized carbons (Fsp3) is 0.545. The molecule has 7 nitrogen and oxygen atoms in total. The lowest BCUT2D eigenvalue weighted by atomic mass is 10.3. The van der Waals surface area contributed by atoms with Crippen LogP contribution in [0.25, 0.3) is 5.95 Å². The van der Waals surface area contributed by atoms with Gasteiger partial charge >= 0.3 is 0 Å². The molecule has 0 radical (unpaired) electrons. The highest BCUT2D eigenvalue weighted by Gasteiger charge is 2.12. The first-order chi connectivity index (χ1) is 9.24. The van der Waals surface area contributed by atoms with E-state index in [9.17, 15) is 0 Å². The number of unbranched alkanes of at least 4 members (excludes halogenated alkanes) is 1. The van der Waals surface area contributed by atoms with Crippen LogP contribution in [0.4, 0.5) is 5.95 Å². The van der Waals surface area contributed by atoms with Crippen molar-refractivity contribution in [1.29, 1.82) is 0 Å². The summed E-state index contributed by atoms with van der Waals surface area (Å²) in [7, 11) is 0. The maximum atomic E-state index is 5.95. The van der Waals surface area contributed by atoms with Gasteiger partial charge in [0.05, 0.1) is 0 Å². The number of halogens is 1. The Balaban J connectivity index is 2.30. The Hall–Kier alpha value is -1.76. The Labute approximate surface area is 116 Å². The molecule has 0 aliphatic rings. The number of hydrogen-bond acceptors (Lipinski definition) is 6. The van der Waals surface area contributed by atoms with Gasteiger partial charge in [0.25, 0.3) is 5.95 Å². The van der Waals surface area contributed by atoms with Crippen molar-refractivity contribution in [3.8, 4) is 5.95 Å². The summed E-state index contributed by atoms with van der Waals surface area (Å²) in [5, 5.41) is 4.15. The predicted molar refractivity (Wildman–Crippen MR) is 72.5 cm³/mol. The van der Waals surface area contributed by atoms with Crippen LogP contribution in [0.1, 0.15) is 26.7 Å². The minimum Gasteiger partial charge on any atom is -0.341 e. The summed E-state index contributed by atoms with van der Waals surface area (Å²) in [6.07, 6.45) is 5.14. The van der Waals surface area contributed by atoms with Crippen LogP contribution >= 0.6 is 11.6 Å². The Morgan fingerprint density at radius 1 is 1.26 bits per heavy atom. The van der Waals surface area contributed by atoms with Gasteiger partial charge in [-0.3, -0.25) is 0 Å². The van der Waals surface area contributed by atoms with Crippen LogP contribution in [-0.2, 0) is 0 Å². The molecule has 0 fully saturated rings. The van der Waals surface area contributed by atoms with Crippen LogP contribution < -0.4 is 4.90 Å². The molecule has 2 aromatic heterocycles. The second-order valence-electron chi connectivity index (χ2n) is 3.98. The molecule has 0 amide bonds. The molecule has 2 heterocycles. The van der Waals surface area contributed by atoms with Gasteiger partial charge in [-0.1, -0.05) is 13.3 Å². The fourth-order valence-corrected chi connectivity index (χ4v) is 1.78. The van der Waals surface area contributed by atoms with Gasteiger partial charge in [0.2, 0.25) is 11.2 Å². The lowest BCUT2D eigenvalue weighted by Crippen LogP contribution is -2.26. The van der Waals surface area contributed by atoms with Crippen LogP contribution in [0.5, 0.6) is 0 Å². The second kappa shape index (κ2) is 6.42. The van der Waals surface area contributed by atoms with E-state index in [-0.39, 0.29) is 5.28 Å². The van der Waals surface area contributed by atoms with Crippen molar-refractivity contribution < 1.29 is 0 Å². The van der Waals surface area contributed by atoms with Crippen molar-refractivity contribution >= 4 is 17.5 Å². The lowest BCUT2D eigenvalue weighted by molar-refractivity contribution is 0.701. The summed E-state index contributed by atoms with van der Waals surface area (Å²) >= 11 is 5.95. The zero-order chi connectivity index (χ0) is 13.7. The van der Waals surface area contributed by atoms with E-state index in [1.807, 2.05) is 0 Å². The molecule has 0 atom stereocenters. The largest absolute Gasteiger partial charge is 0.341 e. The van der Waals surface area contributed by atoms with E-state index in [4.69, 9.17) is 11.6 Å². The quantitative estimate of drug-likeness (QED) is 0.803. The third kappa shape index (κ3) is 3.37. The van der Waals surface area contributed by atoms with E-state index < -0.39 is 0 Å². The zero-order valence-corrected chi connectivity index (χ0v) is 11.7. The van der Waals surface area contributed by atoms with Crippen molar-refractivity contribution in [2.75, 3.05) is 18.0 Å². The molecule has 0 saturated carbocycles. The Morgan fingerprint density at radius 2 is 2.11 bits per heavy atom. The number of nitrogens with zero attached hydrogens (tertiary/aromatic N) is 7. The molecule has 0 aliphatic carbocycles. The van der Waals surface area contributed by atoms with Gasteiger partial charge in [-0.25, -0.2) is 4.98 Å². The first-order valence-electron chi connectivity index (χ1n) is 6.26. The zero-order valence-electron chi connectivity index (χ0n) is 11.0. The first-order valence-corrected chi connectivity index (χ1v) is 6.64. The maximum absolute atomic E-state index is 5.95. The molecule has 102 valence electrons. The van der Waals surface area contributed by atoms with Crippen LogP contribution in [-0.4, -0.2) is 42.8 Å². The summed E-state index contributed by atoms with van der Waals surface area (Å²) in [6, 6.07) is 0. The normalized spacial score (nSPS) is 10.7. The lowest BCUT2D eigenvalue weighted by Gasteiger charge is -2.20. The summed E-state index contributed by atoms with van der Waals surface area (Å²) in [5.41, 5.74) is 0. The highest BCUT2D eigenvalue weighted by molar-refractivity contribution is 6.28. The summed E-state index contributed by atoms with van der Waals surface area (Å²) in [5.74, 6) is 0.948. The molecule has 19 heavy (non-hydrogen) atoms. The second-order valence-corrected chi connectivity index (χ2v) is 4.32. The van der Waals surface area contributed by atoms with Crippen molar-refractivity contribution in [3.05, 3.63) is 17.9 Å². The highest BCUT2D eigenvalue weighted by Crippen LogP contribution is 2.13. The average Bonchev–Trinajstić information content (AvgIpc) is 2.93. The van der Waals surface area contributed by atoms with Crippen molar-refractivity contribution in [3.63, 3.8) is 0 Å². The number of aromatic nitrogens is 6. The van der Waals surface area contributed by atoms with Crippen molar-refractivity contribution in [2.24, 2.45) is 0 Å². The summed E-state index contributed by atoms with van der Waals surface area (Å²) in [6.45, 7) is 5.92. The molecule has 0 N–H and O–H groups in total. The highest BCUT2D eigenvalue weighted by atomic mass is 35.5. The van der Waals surface area contributed by atoms with E-state index in [0.29, 0.717) is 11.9 Å². The molecule has 8 heteroatoms. The van der Waals surface area contributed by atoms with E-state index in [2.05, 4.69) is 43.8 Å². The molecular formula is C11H16ClN7. The van der Waals surface area contributed by atoms with Gasteiger partial charge in [-0.2, -0.15) is 24.7 Å². The molecule has 0 aliphatic heterocycles. The average molecular weight is 282 g/mol. The van der Waals surface area contributed by atoms with Crippen molar-refractivity contribution in [1.82, 2.24) is 29.7 Å². The standard InChI is InChI=1S/C11H16ClN7/c1-3-5-6-18(4-2)10-15-9(12)16-11(17-10)19-8-13-7-14-19/h7-8H,3-6H2,1-2H3. The first kappa shape index (κ1) is 13.7. The Morgan fingerprint density at radius 3 is 2.74 bits per heavy atom. The number of anilines is 1. The van der Waals surface area contributed by atoms with Gasteiger partial charge in [0.15, 0.2) is 0 Å². The monoisotopic (exact) mass is 281 g/mol. The topological polar surface area (TPSA) is 72.6 Å². The number of hydrogen-bond donors (Lipinski definition) is 0. The minimum atomic E-state index is 0.158. The van der Waals surface area contributed by atoms with Gasteiger partial charge in [0, 0.05) is 13.1 Å². The third-order valence-corrected chi connectivity index (χ3v) is 2.82. The predicted octanol–water partition coefficient (Wildman–Crippen LogP) is 1.73. The molecule has 0 unspecified atom stereocenters. The van der Waals surface area contributed by atoms with E-state index in [1.54, 1.807) is 0 Å². The van der Waals surface area contributed by atoms with Crippen LogP contribution in [0, 0.1) is 0 Å². The molecule has 0 spiro atoms. The van der Waals surface area contributed by atoms with Gasteiger partial charge in [-0.15, -0.1) is 0 Å². The van der Waals surface area contributed by atoms with Crippen molar-refractivity contribution in [2.45, 2.75) is 26.7 Å². The number of rotatable bonds is 6. The fourth-order valence-electron chi connectivity index (χ4n) is 1.63. The molecule has 2 aromatic rings. The van der Waals surface area contributed by atoms with Gasteiger partial charge < -0.3 is 4.90 Å². The molecule has 2 rings (SSSR count). The third-order valence-electron chi connectivity index (χ3n) is 2.65. The SMILES string of the molecule is CCCCN(CC)c1nc(Cl)nc(-n2cncn2)n1. The minimum absolute atomic E-state index is 0.158.